The van der Waals surface area contributed by atoms with Crippen molar-refractivity contribution in [3.8, 4) is 0 Å². The Hall–Kier alpha value is -1.70. The first-order chi connectivity index (χ1) is 11.7. The van der Waals surface area contributed by atoms with Gasteiger partial charge in [-0.3, -0.25) is 10.1 Å². The van der Waals surface area contributed by atoms with Gasteiger partial charge in [-0.25, -0.2) is 0 Å². The predicted molar refractivity (Wildman–Crippen MR) is 91.0 cm³/mol. The molecular formula is C17H25N3O4. The summed E-state index contributed by atoms with van der Waals surface area (Å²) >= 11 is 0. The lowest BCUT2D eigenvalue weighted by Gasteiger charge is -2.34. The van der Waals surface area contributed by atoms with E-state index in [1.54, 1.807) is 12.1 Å². The second kappa shape index (κ2) is 7.92. The Balaban J connectivity index is 1.56. The second-order valence-corrected chi connectivity index (χ2v) is 6.72. The Bertz CT molecular complexity index is 567. The average Bonchev–Trinajstić information content (AvgIpc) is 3.09. The number of nitro groups is 1. The number of nitro benzene ring substituents is 1. The van der Waals surface area contributed by atoms with Crippen LogP contribution in [0.15, 0.2) is 18.2 Å². The fraction of sp³-hybridized carbons (Fsp3) is 0.647. The van der Waals surface area contributed by atoms with Gasteiger partial charge in [0.1, 0.15) is 5.69 Å². The third-order valence-corrected chi connectivity index (χ3v) is 4.93. The summed E-state index contributed by atoms with van der Waals surface area (Å²) < 4.78 is 5.43. The fourth-order valence-corrected chi connectivity index (χ4v) is 3.53. The molecule has 3 rings (SSSR count). The third kappa shape index (κ3) is 4.23. The van der Waals surface area contributed by atoms with Gasteiger partial charge in [-0.05, 0) is 42.9 Å². The largest absolute Gasteiger partial charge is 0.392 e. The highest BCUT2D eigenvalue weighted by atomic mass is 16.6. The van der Waals surface area contributed by atoms with Gasteiger partial charge in [0.25, 0.3) is 5.69 Å². The summed E-state index contributed by atoms with van der Waals surface area (Å²) in [4.78, 5) is 13.3. The minimum Gasteiger partial charge on any atom is -0.392 e. The van der Waals surface area contributed by atoms with Crippen LogP contribution in [0.2, 0.25) is 0 Å². The van der Waals surface area contributed by atoms with Crippen molar-refractivity contribution in [3.63, 3.8) is 0 Å². The second-order valence-electron chi connectivity index (χ2n) is 6.72. The summed E-state index contributed by atoms with van der Waals surface area (Å²) in [7, 11) is 0. The van der Waals surface area contributed by atoms with Crippen LogP contribution in [0, 0.1) is 16.0 Å². The molecule has 0 spiro atoms. The lowest BCUT2D eigenvalue weighted by molar-refractivity contribution is -0.384. The third-order valence-electron chi connectivity index (χ3n) is 4.93. The minimum absolute atomic E-state index is 0.0673. The Morgan fingerprint density at radius 2 is 2.12 bits per heavy atom. The van der Waals surface area contributed by atoms with Crippen LogP contribution in [-0.4, -0.2) is 53.8 Å². The Kier molecular flexibility index (Phi) is 5.65. The molecular weight excluding hydrogens is 310 g/mol. The number of nitrogens with one attached hydrogen (secondary N) is 1. The molecule has 1 unspecified atom stereocenters. The number of likely N-dealkylation sites (tertiary alicyclic amines) is 1. The topological polar surface area (TPSA) is 87.9 Å². The number of aliphatic hydroxyl groups excluding tert-OH is 1. The van der Waals surface area contributed by atoms with Crippen molar-refractivity contribution in [2.45, 2.75) is 31.9 Å². The van der Waals surface area contributed by atoms with E-state index >= 15 is 0 Å². The monoisotopic (exact) mass is 335 g/mol. The van der Waals surface area contributed by atoms with Crippen LogP contribution < -0.4 is 5.32 Å². The fourth-order valence-electron chi connectivity index (χ4n) is 3.53. The van der Waals surface area contributed by atoms with Crippen LogP contribution in [-0.2, 0) is 11.3 Å². The Morgan fingerprint density at radius 3 is 2.75 bits per heavy atom. The number of aliphatic hydroxyl groups is 1. The van der Waals surface area contributed by atoms with Gasteiger partial charge in [0.15, 0.2) is 0 Å². The average molecular weight is 335 g/mol. The van der Waals surface area contributed by atoms with E-state index in [1.807, 2.05) is 0 Å². The number of hydrogen-bond donors (Lipinski definition) is 2. The van der Waals surface area contributed by atoms with Gasteiger partial charge < -0.3 is 20.1 Å². The molecule has 2 aliphatic rings. The number of benzene rings is 1. The quantitative estimate of drug-likeness (QED) is 0.611. The highest BCUT2D eigenvalue weighted by molar-refractivity contribution is 5.63. The van der Waals surface area contributed by atoms with Gasteiger partial charge in [-0.15, -0.1) is 0 Å². The summed E-state index contributed by atoms with van der Waals surface area (Å²) in [6.07, 6.45) is 3.08. The molecule has 1 atom stereocenters. The number of nitrogens with zero attached hydrogens (tertiary/aromatic N) is 2. The lowest BCUT2D eigenvalue weighted by atomic mass is 10.0. The van der Waals surface area contributed by atoms with E-state index < -0.39 is 0 Å². The van der Waals surface area contributed by atoms with Crippen molar-refractivity contribution in [3.05, 3.63) is 33.9 Å². The summed E-state index contributed by atoms with van der Waals surface area (Å²) in [6, 6.07) is 4.97. The highest BCUT2D eigenvalue weighted by Crippen LogP contribution is 2.28. The van der Waals surface area contributed by atoms with Crippen LogP contribution in [0.5, 0.6) is 0 Å². The molecule has 2 aliphatic heterocycles. The van der Waals surface area contributed by atoms with Gasteiger partial charge in [-0.2, -0.15) is 0 Å². The smallest absolute Gasteiger partial charge is 0.292 e. The molecule has 2 N–H and O–H groups in total. The molecule has 0 bridgehead atoms. The maximum atomic E-state index is 11.2. The summed E-state index contributed by atoms with van der Waals surface area (Å²) in [5, 5.41) is 23.8. The van der Waals surface area contributed by atoms with Crippen molar-refractivity contribution < 1.29 is 14.8 Å². The molecule has 7 heteroatoms. The molecule has 0 aliphatic carbocycles. The van der Waals surface area contributed by atoms with Gasteiger partial charge in [-0.1, -0.05) is 0 Å². The van der Waals surface area contributed by atoms with Crippen LogP contribution in [0.3, 0.4) is 0 Å². The molecule has 7 nitrogen and oxygen atoms in total. The van der Waals surface area contributed by atoms with Crippen molar-refractivity contribution in [2.75, 3.05) is 38.2 Å². The Labute approximate surface area is 141 Å². The number of piperidine rings is 1. The number of anilines is 1. The highest BCUT2D eigenvalue weighted by Gasteiger charge is 2.25. The number of hydrogen-bond acceptors (Lipinski definition) is 6. The van der Waals surface area contributed by atoms with E-state index in [0.29, 0.717) is 17.2 Å². The molecule has 2 heterocycles. The number of ether oxygens (including phenoxy) is 1. The first-order valence-electron chi connectivity index (χ1n) is 8.60. The molecule has 0 amide bonds. The number of rotatable bonds is 6. The molecule has 0 radical (unpaired) electrons. The molecule has 1 aromatic carbocycles. The van der Waals surface area contributed by atoms with E-state index in [0.717, 1.165) is 52.1 Å². The molecule has 0 saturated carbocycles. The van der Waals surface area contributed by atoms with Crippen LogP contribution in [0.1, 0.15) is 24.8 Å². The molecule has 2 saturated heterocycles. The molecule has 132 valence electrons. The van der Waals surface area contributed by atoms with Crippen LogP contribution in [0.25, 0.3) is 0 Å². The first kappa shape index (κ1) is 17.1. The molecule has 24 heavy (non-hydrogen) atoms. The summed E-state index contributed by atoms with van der Waals surface area (Å²) in [5.74, 6) is 0.650. The van der Waals surface area contributed by atoms with E-state index in [1.165, 1.54) is 6.07 Å². The zero-order valence-corrected chi connectivity index (χ0v) is 13.8. The zero-order chi connectivity index (χ0) is 16.9. The maximum absolute atomic E-state index is 11.2. The summed E-state index contributed by atoms with van der Waals surface area (Å²) in [5.41, 5.74) is 1.26. The zero-order valence-electron chi connectivity index (χ0n) is 13.8. The van der Waals surface area contributed by atoms with Crippen LogP contribution in [0.4, 0.5) is 11.4 Å². The first-order valence-corrected chi connectivity index (χ1v) is 8.60. The molecule has 1 aromatic rings. The van der Waals surface area contributed by atoms with Crippen molar-refractivity contribution in [1.82, 2.24) is 4.90 Å². The van der Waals surface area contributed by atoms with E-state index in [9.17, 15) is 15.2 Å². The van der Waals surface area contributed by atoms with Gasteiger partial charge in [0.2, 0.25) is 0 Å². The Morgan fingerprint density at radius 1 is 1.33 bits per heavy atom. The van der Waals surface area contributed by atoms with E-state index in [-0.39, 0.29) is 23.3 Å². The standard InChI is InChI=1S/C17H25N3O4/c21-11-13-1-2-17(20(22)23)16(9-13)18-15-3-6-19(7-4-15)10-14-5-8-24-12-14/h1-2,9,14-15,18,21H,3-8,10-12H2. The van der Waals surface area contributed by atoms with E-state index in [4.69, 9.17) is 4.74 Å². The van der Waals surface area contributed by atoms with Crippen molar-refractivity contribution in [2.24, 2.45) is 5.92 Å². The van der Waals surface area contributed by atoms with Gasteiger partial charge in [0.05, 0.1) is 18.1 Å². The molecule has 2 fully saturated rings. The van der Waals surface area contributed by atoms with Gasteiger partial charge >= 0.3 is 0 Å². The maximum Gasteiger partial charge on any atom is 0.292 e. The SMILES string of the molecule is O=[N+]([O-])c1ccc(CO)cc1NC1CCN(CC2CCOC2)CC1. The normalized spacial score (nSPS) is 22.6. The predicted octanol–water partition coefficient (Wildman–Crippen LogP) is 2.00. The van der Waals surface area contributed by atoms with E-state index in [2.05, 4.69) is 10.2 Å². The summed E-state index contributed by atoms with van der Waals surface area (Å²) in [6.45, 7) is 4.73. The lowest BCUT2D eigenvalue weighted by Crippen LogP contribution is -2.41. The minimum atomic E-state index is -0.376. The van der Waals surface area contributed by atoms with Crippen molar-refractivity contribution >= 4 is 11.4 Å². The van der Waals surface area contributed by atoms with Crippen LogP contribution >= 0.6 is 0 Å². The van der Waals surface area contributed by atoms with Gasteiger partial charge in [0, 0.05) is 38.3 Å². The molecule has 0 aromatic heterocycles. The van der Waals surface area contributed by atoms with Crippen molar-refractivity contribution in [1.29, 1.82) is 0 Å².